The van der Waals surface area contributed by atoms with Crippen molar-refractivity contribution < 1.29 is 18.7 Å². The topological polar surface area (TPSA) is 96.8 Å². The van der Waals surface area contributed by atoms with Gasteiger partial charge in [-0.05, 0) is 52.7 Å². The molecule has 0 saturated carbocycles. The monoisotopic (exact) mass is 475 g/mol. The molecule has 0 aliphatic carbocycles. The van der Waals surface area contributed by atoms with Crippen LogP contribution in [0, 0.1) is 11.3 Å². The summed E-state index contributed by atoms with van der Waals surface area (Å²) in [4.78, 5) is 12.6. The SMILES string of the molecule is COc1cc(C=NNC(=O)c2cc3c(ccc4ccccc43)o2)ccc1OCc1ccccc1C#N. The maximum atomic E-state index is 12.6. The van der Waals surface area contributed by atoms with Crippen LogP contribution in [-0.2, 0) is 6.61 Å². The zero-order valence-corrected chi connectivity index (χ0v) is 19.4. The minimum atomic E-state index is -0.449. The van der Waals surface area contributed by atoms with E-state index in [1.54, 1.807) is 37.4 Å². The van der Waals surface area contributed by atoms with E-state index in [4.69, 9.17) is 13.9 Å². The second kappa shape index (κ2) is 10.0. The molecule has 1 heterocycles. The van der Waals surface area contributed by atoms with E-state index in [1.165, 1.54) is 6.21 Å². The fourth-order valence-corrected chi connectivity index (χ4v) is 3.92. The number of nitrogens with one attached hydrogen (secondary N) is 1. The van der Waals surface area contributed by atoms with Crippen LogP contribution in [0.1, 0.15) is 27.2 Å². The summed E-state index contributed by atoms with van der Waals surface area (Å²) in [5.41, 5.74) is 5.19. The smallest absolute Gasteiger partial charge is 0.307 e. The van der Waals surface area contributed by atoms with E-state index in [0.717, 1.165) is 21.7 Å². The Bertz CT molecular complexity index is 1650. The molecule has 0 unspecified atom stereocenters. The number of rotatable bonds is 7. The summed E-state index contributed by atoms with van der Waals surface area (Å²) in [6, 6.07) is 28.2. The van der Waals surface area contributed by atoms with Crippen LogP contribution in [0.25, 0.3) is 21.7 Å². The number of benzene rings is 4. The normalized spacial score (nSPS) is 11.0. The van der Waals surface area contributed by atoms with E-state index in [1.807, 2.05) is 54.6 Å². The highest BCUT2D eigenvalue weighted by Crippen LogP contribution is 2.29. The summed E-state index contributed by atoms with van der Waals surface area (Å²) < 4.78 is 17.0. The van der Waals surface area contributed by atoms with E-state index in [-0.39, 0.29) is 12.4 Å². The second-order valence-corrected chi connectivity index (χ2v) is 7.98. The zero-order chi connectivity index (χ0) is 24.9. The van der Waals surface area contributed by atoms with Crippen LogP contribution >= 0.6 is 0 Å². The highest BCUT2D eigenvalue weighted by Gasteiger charge is 2.13. The third kappa shape index (κ3) is 4.61. The number of furan rings is 1. The minimum absolute atomic E-state index is 0.178. The van der Waals surface area contributed by atoms with E-state index in [2.05, 4.69) is 16.6 Å². The summed E-state index contributed by atoms with van der Waals surface area (Å²) >= 11 is 0. The Labute approximate surface area is 207 Å². The summed E-state index contributed by atoms with van der Waals surface area (Å²) in [6.45, 7) is 0.233. The van der Waals surface area contributed by atoms with Gasteiger partial charge in [-0.15, -0.1) is 0 Å². The Morgan fingerprint density at radius 1 is 1.00 bits per heavy atom. The molecule has 1 amide bonds. The van der Waals surface area contributed by atoms with Gasteiger partial charge >= 0.3 is 5.91 Å². The van der Waals surface area contributed by atoms with E-state index >= 15 is 0 Å². The van der Waals surface area contributed by atoms with Crippen LogP contribution in [0.2, 0.25) is 0 Å². The first-order chi connectivity index (χ1) is 17.7. The van der Waals surface area contributed by atoms with Crippen molar-refractivity contribution in [2.24, 2.45) is 5.10 Å². The van der Waals surface area contributed by atoms with Crippen molar-refractivity contribution in [2.75, 3.05) is 7.11 Å². The standard InChI is InChI=1S/C29H21N3O4/c1-34-27-14-19(10-12-26(27)35-18-22-8-3-2-7-21(22)16-30)17-31-32-29(33)28-15-24-23-9-5-4-6-20(23)11-13-25(24)36-28/h2-15,17H,18H2,1H3,(H,32,33). The summed E-state index contributed by atoms with van der Waals surface area (Å²) in [7, 11) is 1.54. The predicted octanol–water partition coefficient (Wildman–Crippen LogP) is 5.81. The molecule has 7 nitrogen and oxygen atoms in total. The van der Waals surface area contributed by atoms with Gasteiger partial charge in [0.1, 0.15) is 12.2 Å². The van der Waals surface area contributed by atoms with Crippen molar-refractivity contribution in [3.63, 3.8) is 0 Å². The van der Waals surface area contributed by atoms with Gasteiger partial charge in [0.05, 0.1) is 25.0 Å². The molecule has 0 saturated heterocycles. The van der Waals surface area contributed by atoms with Crippen molar-refractivity contribution in [3.8, 4) is 17.6 Å². The van der Waals surface area contributed by atoms with Gasteiger partial charge in [-0.25, -0.2) is 5.43 Å². The average Bonchev–Trinajstić information content (AvgIpc) is 3.37. The molecular formula is C29H21N3O4. The number of nitrogens with zero attached hydrogens (tertiary/aromatic N) is 2. The number of carbonyl (C=O) groups excluding carboxylic acids is 1. The lowest BCUT2D eigenvalue weighted by Gasteiger charge is -2.12. The molecule has 1 aromatic heterocycles. The van der Waals surface area contributed by atoms with Gasteiger partial charge in [0.25, 0.3) is 0 Å². The van der Waals surface area contributed by atoms with Gasteiger partial charge in [0, 0.05) is 10.9 Å². The Balaban J connectivity index is 1.27. The molecule has 0 bridgehead atoms. The molecule has 0 atom stereocenters. The van der Waals surface area contributed by atoms with Crippen molar-refractivity contribution in [3.05, 3.63) is 107 Å². The lowest BCUT2D eigenvalue weighted by molar-refractivity contribution is 0.0929. The Kier molecular flexibility index (Phi) is 6.33. The highest BCUT2D eigenvalue weighted by atomic mass is 16.5. The van der Waals surface area contributed by atoms with E-state index < -0.39 is 5.91 Å². The van der Waals surface area contributed by atoms with E-state index in [0.29, 0.717) is 28.2 Å². The van der Waals surface area contributed by atoms with Crippen LogP contribution in [0.4, 0.5) is 0 Å². The number of methoxy groups -OCH3 is 1. The second-order valence-electron chi connectivity index (χ2n) is 7.98. The van der Waals surface area contributed by atoms with Crippen LogP contribution in [0.15, 0.2) is 94.4 Å². The molecule has 36 heavy (non-hydrogen) atoms. The summed E-state index contributed by atoms with van der Waals surface area (Å²) in [5, 5.41) is 16.3. The summed E-state index contributed by atoms with van der Waals surface area (Å²) in [6.07, 6.45) is 1.51. The van der Waals surface area contributed by atoms with Crippen LogP contribution < -0.4 is 14.9 Å². The number of fused-ring (bicyclic) bond motifs is 3. The molecule has 4 aromatic carbocycles. The maximum absolute atomic E-state index is 12.6. The van der Waals surface area contributed by atoms with Crippen LogP contribution in [0.3, 0.4) is 0 Å². The summed E-state index contributed by atoms with van der Waals surface area (Å²) in [5.74, 6) is 0.761. The highest BCUT2D eigenvalue weighted by molar-refractivity contribution is 6.08. The first-order valence-electron chi connectivity index (χ1n) is 11.2. The van der Waals surface area contributed by atoms with Crippen molar-refractivity contribution in [1.29, 1.82) is 5.26 Å². The zero-order valence-electron chi connectivity index (χ0n) is 19.4. The quantitative estimate of drug-likeness (QED) is 0.237. The first-order valence-corrected chi connectivity index (χ1v) is 11.2. The third-order valence-electron chi connectivity index (χ3n) is 5.74. The number of hydrazone groups is 1. The van der Waals surface area contributed by atoms with Gasteiger partial charge in [-0.3, -0.25) is 4.79 Å². The molecule has 0 fully saturated rings. The van der Waals surface area contributed by atoms with Gasteiger partial charge in [-0.1, -0.05) is 48.5 Å². The first kappa shape index (κ1) is 22.7. The van der Waals surface area contributed by atoms with Crippen molar-refractivity contribution in [1.82, 2.24) is 5.43 Å². The Hall–Kier alpha value is -5.09. The molecule has 5 aromatic rings. The van der Waals surface area contributed by atoms with Crippen LogP contribution in [0.5, 0.6) is 11.5 Å². The van der Waals surface area contributed by atoms with Gasteiger partial charge in [0.2, 0.25) is 0 Å². The third-order valence-corrected chi connectivity index (χ3v) is 5.74. The lowest BCUT2D eigenvalue weighted by atomic mass is 10.1. The minimum Gasteiger partial charge on any atom is -0.493 e. The largest absolute Gasteiger partial charge is 0.493 e. The van der Waals surface area contributed by atoms with E-state index in [9.17, 15) is 10.1 Å². The fourth-order valence-electron chi connectivity index (χ4n) is 3.92. The maximum Gasteiger partial charge on any atom is 0.307 e. The average molecular weight is 476 g/mol. The molecule has 5 rings (SSSR count). The molecule has 0 aliphatic heterocycles. The van der Waals surface area contributed by atoms with Gasteiger partial charge < -0.3 is 13.9 Å². The molecule has 0 spiro atoms. The molecule has 0 radical (unpaired) electrons. The number of ether oxygens (including phenoxy) is 2. The van der Waals surface area contributed by atoms with Crippen LogP contribution in [-0.4, -0.2) is 19.2 Å². The predicted molar refractivity (Wildman–Crippen MR) is 137 cm³/mol. The molecule has 7 heteroatoms. The molecule has 176 valence electrons. The van der Waals surface area contributed by atoms with Gasteiger partial charge in [-0.2, -0.15) is 10.4 Å². The number of carbonyl (C=O) groups is 1. The molecule has 0 aliphatic rings. The Morgan fingerprint density at radius 3 is 2.69 bits per heavy atom. The number of amides is 1. The van der Waals surface area contributed by atoms with Crippen molar-refractivity contribution >= 4 is 33.9 Å². The number of nitriles is 1. The number of hydrogen-bond acceptors (Lipinski definition) is 6. The lowest BCUT2D eigenvalue weighted by Crippen LogP contribution is -2.16. The number of hydrogen-bond donors (Lipinski definition) is 1. The van der Waals surface area contributed by atoms with Crippen molar-refractivity contribution in [2.45, 2.75) is 6.61 Å². The molecule has 1 N–H and O–H groups in total. The Morgan fingerprint density at radius 2 is 1.83 bits per heavy atom. The van der Waals surface area contributed by atoms with Gasteiger partial charge in [0.15, 0.2) is 17.3 Å². The fraction of sp³-hybridized carbons (Fsp3) is 0.0690. The molecular weight excluding hydrogens is 454 g/mol.